The highest BCUT2D eigenvalue weighted by Gasteiger charge is 2.26. The molecular formula is C17H19ClFN3O3. The van der Waals surface area contributed by atoms with Gasteiger partial charge in [-0.2, -0.15) is 5.10 Å². The van der Waals surface area contributed by atoms with Crippen LogP contribution >= 0.6 is 11.6 Å². The monoisotopic (exact) mass is 367 g/mol. The molecule has 1 aromatic carbocycles. The molecule has 0 saturated heterocycles. The number of hydrogen-bond acceptors (Lipinski definition) is 4. The third-order valence-electron chi connectivity index (χ3n) is 4.28. The first-order valence-corrected chi connectivity index (χ1v) is 8.60. The number of ether oxygens (including phenoxy) is 1. The Morgan fingerprint density at radius 1 is 1.48 bits per heavy atom. The van der Waals surface area contributed by atoms with Crippen LogP contribution in [0.3, 0.4) is 0 Å². The molecule has 3 rings (SSSR count). The van der Waals surface area contributed by atoms with Gasteiger partial charge in [0.25, 0.3) is 0 Å². The number of halogens is 2. The second-order valence-electron chi connectivity index (χ2n) is 6.20. The van der Waals surface area contributed by atoms with E-state index in [0.717, 1.165) is 31.7 Å². The van der Waals surface area contributed by atoms with Crippen LogP contribution in [0.1, 0.15) is 56.3 Å². The number of aromatic nitrogens is 3. The second-order valence-corrected chi connectivity index (χ2v) is 6.60. The van der Waals surface area contributed by atoms with E-state index >= 15 is 0 Å². The molecule has 8 heteroatoms. The van der Waals surface area contributed by atoms with Crippen LogP contribution in [0.5, 0.6) is 5.75 Å². The average molecular weight is 368 g/mol. The van der Waals surface area contributed by atoms with Crippen LogP contribution in [0, 0.1) is 5.82 Å². The summed E-state index contributed by atoms with van der Waals surface area (Å²) in [5, 5.41) is 13.6. The van der Waals surface area contributed by atoms with E-state index in [2.05, 4.69) is 10.1 Å². The fourth-order valence-electron chi connectivity index (χ4n) is 3.09. The first-order valence-electron chi connectivity index (χ1n) is 8.22. The summed E-state index contributed by atoms with van der Waals surface area (Å²) >= 11 is 5.99. The van der Waals surface area contributed by atoms with Crippen molar-refractivity contribution in [1.29, 1.82) is 0 Å². The van der Waals surface area contributed by atoms with E-state index in [4.69, 9.17) is 21.4 Å². The topological polar surface area (TPSA) is 77.2 Å². The molecule has 1 aromatic heterocycles. The summed E-state index contributed by atoms with van der Waals surface area (Å²) < 4.78 is 20.3. The zero-order valence-electron chi connectivity index (χ0n) is 13.8. The average Bonchev–Trinajstić information content (AvgIpc) is 3.18. The molecule has 6 nitrogen and oxygen atoms in total. The maximum atomic E-state index is 13.2. The summed E-state index contributed by atoms with van der Waals surface area (Å²) in [6.45, 7) is 1.44. The number of aliphatic carboxylic acids is 1. The van der Waals surface area contributed by atoms with Crippen molar-refractivity contribution in [2.24, 2.45) is 0 Å². The van der Waals surface area contributed by atoms with Gasteiger partial charge in [-0.25, -0.2) is 14.1 Å². The summed E-state index contributed by atoms with van der Waals surface area (Å²) in [5.74, 6) is 0.191. The zero-order chi connectivity index (χ0) is 18.0. The van der Waals surface area contributed by atoms with Crippen molar-refractivity contribution in [1.82, 2.24) is 14.8 Å². The van der Waals surface area contributed by atoms with Crippen LogP contribution in [0.25, 0.3) is 0 Å². The van der Waals surface area contributed by atoms with Crippen molar-refractivity contribution in [3.05, 3.63) is 40.7 Å². The molecule has 1 heterocycles. The van der Waals surface area contributed by atoms with Gasteiger partial charge in [0.05, 0.1) is 5.02 Å². The Hall–Kier alpha value is -2.15. The highest BCUT2D eigenvalue weighted by Crippen LogP contribution is 2.34. The van der Waals surface area contributed by atoms with Gasteiger partial charge in [0.1, 0.15) is 18.1 Å². The van der Waals surface area contributed by atoms with Crippen molar-refractivity contribution in [2.75, 3.05) is 0 Å². The molecule has 0 unspecified atom stereocenters. The molecule has 1 N–H and O–H groups in total. The lowest BCUT2D eigenvalue weighted by Gasteiger charge is -2.15. The van der Waals surface area contributed by atoms with Gasteiger partial charge in [0, 0.05) is 5.92 Å². The lowest BCUT2D eigenvalue weighted by atomic mass is 10.1. The van der Waals surface area contributed by atoms with Gasteiger partial charge in [-0.1, -0.05) is 24.4 Å². The lowest BCUT2D eigenvalue weighted by molar-refractivity contribution is -0.138. The van der Waals surface area contributed by atoms with Crippen molar-refractivity contribution in [2.45, 2.75) is 51.2 Å². The summed E-state index contributed by atoms with van der Waals surface area (Å²) in [4.78, 5) is 15.7. The van der Waals surface area contributed by atoms with Gasteiger partial charge in [0.2, 0.25) is 0 Å². The fraction of sp³-hybridized carbons (Fsp3) is 0.471. The van der Waals surface area contributed by atoms with E-state index in [1.165, 1.54) is 16.8 Å². The van der Waals surface area contributed by atoms with Crippen LogP contribution < -0.4 is 4.74 Å². The molecule has 134 valence electrons. The first kappa shape index (κ1) is 17.7. The molecule has 0 radical (unpaired) electrons. The maximum absolute atomic E-state index is 13.2. The first-order chi connectivity index (χ1) is 11.9. The fourth-order valence-corrected chi connectivity index (χ4v) is 3.30. The van der Waals surface area contributed by atoms with Crippen molar-refractivity contribution >= 4 is 17.6 Å². The number of carboxylic acid groups (broad SMARTS) is 1. The Morgan fingerprint density at radius 2 is 2.20 bits per heavy atom. The van der Waals surface area contributed by atoms with Crippen molar-refractivity contribution in [3.8, 4) is 5.75 Å². The van der Waals surface area contributed by atoms with Gasteiger partial charge in [0.15, 0.2) is 17.8 Å². The van der Waals surface area contributed by atoms with Crippen LogP contribution in [0.15, 0.2) is 18.2 Å². The number of carboxylic acids is 1. The summed E-state index contributed by atoms with van der Waals surface area (Å²) in [5.41, 5.74) is 0. The van der Waals surface area contributed by atoms with Crippen LogP contribution in [-0.2, 0) is 11.3 Å². The largest absolute Gasteiger partial charge is 0.481 e. The molecule has 1 aliphatic carbocycles. The molecule has 1 atom stereocenters. The molecule has 2 aromatic rings. The molecule has 0 spiro atoms. The Morgan fingerprint density at radius 3 is 2.84 bits per heavy atom. The maximum Gasteiger partial charge on any atom is 0.325 e. The van der Waals surface area contributed by atoms with Gasteiger partial charge in [-0.05, 0) is 38.0 Å². The lowest BCUT2D eigenvalue weighted by Crippen LogP contribution is -2.17. The Balaban J connectivity index is 1.86. The summed E-state index contributed by atoms with van der Waals surface area (Å²) in [7, 11) is 0. The molecule has 1 saturated carbocycles. The number of nitrogens with zero attached hydrogens (tertiary/aromatic N) is 3. The van der Waals surface area contributed by atoms with E-state index in [0.29, 0.717) is 17.4 Å². The molecule has 0 bridgehead atoms. The van der Waals surface area contributed by atoms with Crippen LogP contribution in [0.4, 0.5) is 4.39 Å². The minimum atomic E-state index is -1.00. The third kappa shape index (κ3) is 4.10. The van der Waals surface area contributed by atoms with Gasteiger partial charge >= 0.3 is 5.97 Å². The summed E-state index contributed by atoms with van der Waals surface area (Å²) in [6.07, 6.45) is 3.70. The zero-order valence-corrected chi connectivity index (χ0v) is 14.5. The highest BCUT2D eigenvalue weighted by atomic mass is 35.5. The van der Waals surface area contributed by atoms with Gasteiger partial charge in [-0.15, -0.1) is 0 Å². The van der Waals surface area contributed by atoms with E-state index in [1.807, 2.05) is 0 Å². The normalized spacial score (nSPS) is 16.1. The number of hydrogen-bond donors (Lipinski definition) is 1. The molecule has 0 aliphatic heterocycles. The van der Waals surface area contributed by atoms with E-state index < -0.39 is 17.9 Å². The van der Waals surface area contributed by atoms with Crippen LogP contribution in [0.2, 0.25) is 5.02 Å². The predicted octanol–water partition coefficient (Wildman–Crippen LogP) is 3.95. The minimum absolute atomic E-state index is 0.146. The van der Waals surface area contributed by atoms with Crippen LogP contribution in [-0.4, -0.2) is 25.8 Å². The highest BCUT2D eigenvalue weighted by molar-refractivity contribution is 6.32. The molecule has 1 fully saturated rings. The molecule has 1 aliphatic rings. The van der Waals surface area contributed by atoms with Crippen molar-refractivity contribution in [3.63, 3.8) is 0 Å². The van der Waals surface area contributed by atoms with Gasteiger partial charge < -0.3 is 9.84 Å². The number of rotatable bonds is 6. The minimum Gasteiger partial charge on any atom is -0.481 e. The SMILES string of the molecule is C[C@@H](Oc1ccc(F)cc1Cl)c1nc(C2CCCC2)nn1CC(=O)O. The molecule has 25 heavy (non-hydrogen) atoms. The Labute approximate surface area is 149 Å². The number of benzene rings is 1. The van der Waals surface area contributed by atoms with Crippen molar-refractivity contribution < 1.29 is 19.0 Å². The smallest absolute Gasteiger partial charge is 0.325 e. The second kappa shape index (κ2) is 7.39. The number of carbonyl (C=O) groups is 1. The van der Waals surface area contributed by atoms with E-state index in [1.54, 1.807) is 6.92 Å². The van der Waals surface area contributed by atoms with E-state index in [-0.39, 0.29) is 17.5 Å². The third-order valence-corrected chi connectivity index (χ3v) is 4.58. The standard InChI is InChI=1S/C17H19ClFN3O3/c1-10(25-14-7-6-12(19)8-13(14)18)17-20-16(11-4-2-3-5-11)21-22(17)9-15(23)24/h6-8,10-11H,2-5,9H2,1H3,(H,23,24)/t10-/m1/s1. The molecule has 0 amide bonds. The van der Waals surface area contributed by atoms with Gasteiger partial charge in [-0.3, -0.25) is 4.79 Å². The Kier molecular flexibility index (Phi) is 5.22. The predicted molar refractivity (Wildman–Crippen MR) is 89.3 cm³/mol. The molecular weight excluding hydrogens is 349 g/mol. The quantitative estimate of drug-likeness (QED) is 0.836. The van der Waals surface area contributed by atoms with E-state index in [9.17, 15) is 9.18 Å². The Bertz CT molecular complexity index is 774. The summed E-state index contributed by atoms with van der Waals surface area (Å²) in [6, 6.07) is 3.85.